The molecule has 112 valence electrons. The standard InChI is InChI=1S/C15H26N4O/c1-15(2,3)20-11-10-18-6-8-19(9-7-18)14-5-4-13(16)12-17-14/h4-5,12H,6-11,16H2,1-3H3. The minimum atomic E-state index is -0.0459. The van der Waals surface area contributed by atoms with Crippen molar-refractivity contribution >= 4 is 11.5 Å². The topological polar surface area (TPSA) is 54.6 Å². The van der Waals surface area contributed by atoms with Crippen LogP contribution in [0.3, 0.4) is 0 Å². The first kappa shape index (κ1) is 15.1. The van der Waals surface area contributed by atoms with Crippen LogP contribution in [0.2, 0.25) is 0 Å². The number of hydrogen-bond donors (Lipinski definition) is 1. The Balaban J connectivity index is 1.74. The molecule has 0 atom stereocenters. The van der Waals surface area contributed by atoms with Crippen LogP contribution in [0.25, 0.3) is 0 Å². The second kappa shape index (κ2) is 6.41. The first-order chi connectivity index (χ1) is 9.44. The van der Waals surface area contributed by atoms with Gasteiger partial charge in [0.25, 0.3) is 0 Å². The largest absolute Gasteiger partial charge is 0.397 e. The van der Waals surface area contributed by atoms with Crippen molar-refractivity contribution in [1.29, 1.82) is 0 Å². The number of pyridine rings is 1. The van der Waals surface area contributed by atoms with Crippen LogP contribution in [0.15, 0.2) is 18.3 Å². The molecule has 1 fully saturated rings. The molecule has 1 aromatic rings. The summed E-state index contributed by atoms with van der Waals surface area (Å²) in [5, 5.41) is 0. The number of rotatable bonds is 4. The summed E-state index contributed by atoms with van der Waals surface area (Å²) in [7, 11) is 0. The lowest BCUT2D eigenvalue weighted by Gasteiger charge is -2.35. The average molecular weight is 278 g/mol. The summed E-state index contributed by atoms with van der Waals surface area (Å²) in [4.78, 5) is 9.13. The number of ether oxygens (including phenoxy) is 1. The molecule has 0 spiro atoms. The molecule has 0 saturated carbocycles. The molecule has 0 amide bonds. The van der Waals surface area contributed by atoms with Gasteiger partial charge in [0.05, 0.1) is 24.1 Å². The minimum absolute atomic E-state index is 0.0459. The van der Waals surface area contributed by atoms with Gasteiger partial charge < -0.3 is 15.4 Å². The monoisotopic (exact) mass is 278 g/mol. The van der Waals surface area contributed by atoms with Gasteiger partial charge in [0.2, 0.25) is 0 Å². The first-order valence-electron chi connectivity index (χ1n) is 7.27. The summed E-state index contributed by atoms with van der Waals surface area (Å²) < 4.78 is 5.78. The van der Waals surface area contributed by atoms with Gasteiger partial charge in [-0.05, 0) is 32.9 Å². The zero-order valence-electron chi connectivity index (χ0n) is 12.8. The molecule has 5 heteroatoms. The van der Waals surface area contributed by atoms with Crippen molar-refractivity contribution in [1.82, 2.24) is 9.88 Å². The van der Waals surface area contributed by atoms with E-state index >= 15 is 0 Å². The summed E-state index contributed by atoms with van der Waals surface area (Å²) in [6.07, 6.45) is 1.72. The molecule has 0 bridgehead atoms. The molecule has 5 nitrogen and oxygen atoms in total. The Morgan fingerprint density at radius 1 is 1.20 bits per heavy atom. The van der Waals surface area contributed by atoms with Crippen LogP contribution in [0.1, 0.15) is 20.8 Å². The molecular weight excluding hydrogens is 252 g/mol. The molecule has 2 N–H and O–H groups in total. The molecule has 2 heterocycles. The van der Waals surface area contributed by atoms with Crippen LogP contribution < -0.4 is 10.6 Å². The Bertz CT molecular complexity index is 405. The van der Waals surface area contributed by atoms with E-state index in [4.69, 9.17) is 10.5 Å². The van der Waals surface area contributed by atoms with E-state index in [1.54, 1.807) is 6.20 Å². The zero-order chi connectivity index (χ0) is 14.6. The van der Waals surface area contributed by atoms with Gasteiger partial charge >= 0.3 is 0 Å². The summed E-state index contributed by atoms with van der Waals surface area (Å²) in [5.74, 6) is 1.02. The Morgan fingerprint density at radius 2 is 1.90 bits per heavy atom. The highest BCUT2D eigenvalue weighted by Gasteiger charge is 2.18. The van der Waals surface area contributed by atoms with E-state index in [1.165, 1.54) is 0 Å². The van der Waals surface area contributed by atoms with Crippen molar-refractivity contribution in [3.63, 3.8) is 0 Å². The van der Waals surface area contributed by atoms with Gasteiger partial charge in [0.15, 0.2) is 0 Å². The summed E-state index contributed by atoms with van der Waals surface area (Å²) in [6.45, 7) is 12.2. The number of nitrogen functional groups attached to an aromatic ring is 1. The van der Waals surface area contributed by atoms with Gasteiger partial charge in [-0.15, -0.1) is 0 Å². The van der Waals surface area contributed by atoms with Crippen LogP contribution in [0, 0.1) is 0 Å². The lowest BCUT2D eigenvalue weighted by atomic mass is 10.2. The van der Waals surface area contributed by atoms with Crippen molar-refractivity contribution in [2.75, 3.05) is 50.0 Å². The minimum Gasteiger partial charge on any atom is -0.397 e. The highest BCUT2D eigenvalue weighted by Crippen LogP contribution is 2.15. The Kier molecular flexibility index (Phi) is 4.83. The van der Waals surface area contributed by atoms with Gasteiger partial charge in [-0.3, -0.25) is 4.90 Å². The molecule has 0 radical (unpaired) electrons. The maximum Gasteiger partial charge on any atom is 0.128 e. The number of piperazine rings is 1. The predicted octanol–water partition coefficient (Wildman–Crippen LogP) is 1.60. The van der Waals surface area contributed by atoms with Crippen molar-refractivity contribution < 1.29 is 4.74 Å². The van der Waals surface area contributed by atoms with Crippen molar-refractivity contribution in [3.8, 4) is 0 Å². The van der Waals surface area contributed by atoms with Gasteiger partial charge in [-0.25, -0.2) is 4.98 Å². The molecular formula is C15H26N4O. The highest BCUT2D eigenvalue weighted by molar-refractivity contribution is 5.46. The van der Waals surface area contributed by atoms with E-state index in [2.05, 4.69) is 35.6 Å². The van der Waals surface area contributed by atoms with Crippen molar-refractivity contribution in [2.45, 2.75) is 26.4 Å². The molecule has 1 aliphatic heterocycles. The molecule has 0 unspecified atom stereocenters. The number of nitrogens with zero attached hydrogens (tertiary/aromatic N) is 3. The molecule has 1 aliphatic rings. The van der Waals surface area contributed by atoms with Gasteiger partial charge in [0.1, 0.15) is 5.82 Å². The lowest BCUT2D eigenvalue weighted by Crippen LogP contribution is -2.47. The lowest BCUT2D eigenvalue weighted by molar-refractivity contribution is -0.0135. The van der Waals surface area contributed by atoms with E-state index in [1.807, 2.05) is 12.1 Å². The number of aromatic nitrogens is 1. The number of nitrogens with two attached hydrogens (primary N) is 1. The first-order valence-corrected chi connectivity index (χ1v) is 7.27. The molecule has 1 aromatic heterocycles. The molecule has 20 heavy (non-hydrogen) atoms. The number of hydrogen-bond acceptors (Lipinski definition) is 5. The highest BCUT2D eigenvalue weighted by atomic mass is 16.5. The van der Waals surface area contributed by atoms with Gasteiger partial charge in [-0.1, -0.05) is 0 Å². The summed E-state index contributed by atoms with van der Waals surface area (Å²) in [6, 6.07) is 3.90. The third-order valence-electron chi connectivity index (χ3n) is 3.41. The van der Waals surface area contributed by atoms with Gasteiger partial charge in [-0.2, -0.15) is 0 Å². The zero-order valence-corrected chi connectivity index (χ0v) is 12.8. The van der Waals surface area contributed by atoms with Crippen LogP contribution in [-0.2, 0) is 4.74 Å². The molecule has 1 saturated heterocycles. The fraction of sp³-hybridized carbons (Fsp3) is 0.667. The normalized spacial score (nSPS) is 17.4. The molecule has 0 aromatic carbocycles. The van der Waals surface area contributed by atoms with Crippen molar-refractivity contribution in [2.24, 2.45) is 0 Å². The second-order valence-electron chi connectivity index (χ2n) is 6.24. The van der Waals surface area contributed by atoms with Crippen molar-refractivity contribution in [3.05, 3.63) is 18.3 Å². The van der Waals surface area contributed by atoms with Crippen LogP contribution >= 0.6 is 0 Å². The second-order valence-corrected chi connectivity index (χ2v) is 6.24. The third-order valence-corrected chi connectivity index (χ3v) is 3.41. The maximum absolute atomic E-state index is 5.78. The Labute approximate surface area is 121 Å². The van der Waals surface area contributed by atoms with Crippen LogP contribution in [0.4, 0.5) is 11.5 Å². The van der Waals surface area contributed by atoms with Crippen LogP contribution in [0.5, 0.6) is 0 Å². The fourth-order valence-corrected chi connectivity index (χ4v) is 2.27. The summed E-state index contributed by atoms with van der Waals surface area (Å²) in [5.41, 5.74) is 6.33. The number of anilines is 2. The van der Waals surface area contributed by atoms with E-state index in [0.29, 0.717) is 5.69 Å². The summed E-state index contributed by atoms with van der Waals surface area (Å²) >= 11 is 0. The SMILES string of the molecule is CC(C)(C)OCCN1CCN(c2ccc(N)cn2)CC1. The van der Waals surface area contributed by atoms with E-state index in [0.717, 1.165) is 45.1 Å². The van der Waals surface area contributed by atoms with Crippen LogP contribution in [-0.4, -0.2) is 54.8 Å². The quantitative estimate of drug-likeness (QED) is 0.906. The van der Waals surface area contributed by atoms with Gasteiger partial charge in [0, 0.05) is 32.7 Å². The smallest absolute Gasteiger partial charge is 0.128 e. The third kappa shape index (κ3) is 4.65. The fourth-order valence-electron chi connectivity index (χ4n) is 2.27. The molecule has 2 rings (SSSR count). The van der Waals surface area contributed by atoms with E-state index < -0.39 is 0 Å². The van der Waals surface area contributed by atoms with E-state index in [-0.39, 0.29) is 5.60 Å². The predicted molar refractivity (Wildman–Crippen MR) is 83.0 cm³/mol. The average Bonchev–Trinajstić information content (AvgIpc) is 2.39. The Morgan fingerprint density at radius 3 is 2.45 bits per heavy atom. The molecule has 0 aliphatic carbocycles. The maximum atomic E-state index is 5.78. The van der Waals surface area contributed by atoms with E-state index in [9.17, 15) is 0 Å². The Hall–Kier alpha value is -1.33.